The number of rotatable bonds is 5. The molecule has 0 fully saturated rings. The summed E-state index contributed by atoms with van der Waals surface area (Å²) >= 11 is 0. The Morgan fingerprint density at radius 1 is 1.40 bits per heavy atom. The van der Waals surface area contributed by atoms with E-state index in [1.54, 1.807) is 19.1 Å². The van der Waals surface area contributed by atoms with Crippen LogP contribution in [-0.2, 0) is 4.79 Å². The van der Waals surface area contributed by atoms with Crippen molar-refractivity contribution in [1.82, 2.24) is 4.90 Å². The van der Waals surface area contributed by atoms with E-state index in [-0.39, 0.29) is 23.6 Å². The number of carbonyl (C=O) groups excluding carboxylic acids is 1. The first-order valence-electron chi connectivity index (χ1n) is 6.13. The quantitative estimate of drug-likeness (QED) is 0.854. The Kier molecular flexibility index (Phi) is 4.96. The van der Waals surface area contributed by atoms with Crippen molar-refractivity contribution >= 4 is 11.9 Å². The summed E-state index contributed by atoms with van der Waals surface area (Å²) < 4.78 is 5.00. The number of aromatic hydroxyl groups is 1. The molecule has 110 valence electrons. The number of carboxylic acids is 1. The second-order valence-electron chi connectivity index (χ2n) is 4.79. The maximum absolute atomic E-state index is 12.3. The van der Waals surface area contributed by atoms with Crippen molar-refractivity contribution in [2.45, 2.75) is 13.8 Å². The molecule has 1 atom stereocenters. The predicted molar refractivity (Wildman–Crippen MR) is 73.2 cm³/mol. The summed E-state index contributed by atoms with van der Waals surface area (Å²) in [6, 6.07) is 3.16. The standard InChI is InChI=1S/C14H19NO5/c1-8-5-10(12(16)11(6-8)20-4)13(17)15(3)7-9(2)14(18)19/h5-6,9,16H,7H2,1-4H3,(H,18,19). The van der Waals surface area contributed by atoms with Crippen LogP contribution < -0.4 is 4.74 Å². The topological polar surface area (TPSA) is 87.1 Å². The molecule has 0 aliphatic carbocycles. The molecule has 1 rings (SSSR count). The molecule has 1 aromatic rings. The van der Waals surface area contributed by atoms with E-state index in [1.807, 2.05) is 0 Å². The number of hydrogen-bond acceptors (Lipinski definition) is 4. The second kappa shape index (κ2) is 6.27. The number of benzene rings is 1. The molecule has 20 heavy (non-hydrogen) atoms. The summed E-state index contributed by atoms with van der Waals surface area (Å²) in [5.41, 5.74) is 0.865. The lowest BCUT2D eigenvalue weighted by molar-refractivity contribution is -0.141. The van der Waals surface area contributed by atoms with E-state index in [1.165, 1.54) is 26.0 Å². The average Bonchev–Trinajstić information content (AvgIpc) is 2.39. The highest BCUT2D eigenvalue weighted by atomic mass is 16.5. The number of methoxy groups -OCH3 is 1. The van der Waals surface area contributed by atoms with Gasteiger partial charge in [-0.05, 0) is 24.6 Å². The molecule has 0 spiro atoms. The number of phenolic OH excluding ortho intramolecular Hbond substituents is 1. The van der Waals surface area contributed by atoms with Gasteiger partial charge in [-0.3, -0.25) is 9.59 Å². The predicted octanol–water partition coefficient (Wildman–Crippen LogP) is 1.50. The van der Waals surface area contributed by atoms with E-state index in [2.05, 4.69) is 0 Å². The summed E-state index contributed by atoms with van der Waals surface area (Å²) in [6.45, 7) is 3.35. The van der Waals surface area contributed by atoms with Crippen LogP contribution in [0.4, 0.5) is 0 Å². The largest absolute Gasteiger partial charge is 0.504 e. The molecule has 0 aromatic heterocycles. The van der Waals surface area contributed by atoms with Gasteiger partial charge in [0.25, 0.3) is 5.91 Å². The zero-order valence-electron chi connectivity index (χ0n) is 12.0. The van der Waals surface area contributed by atoms with Gasteiger partial charge in [-0.15, -0.1) is 0 Å². The molecular formula is C14H19NO5. The number of aliphatic carboxylic acids is 1. The van der Waals surface area contributed by atoms with Crippen LogP contribution in [0.2, 0.25) is 0 Å². The Hall–Kier alpha value is -2.24. The fourth-order valence-corrected chi connectivity index (χ4v) is 1.84. The Bertz CT molecular complexity index is 527. The van der Waals surface area contributed by atoms with Gasteiger partial charge in [-0.1, -0.05) is 6.92 Å². The van der Waals surface area contributed by atoms with Crippen LogP contribution in [0, 0.1) is 12.8 Å². The van der Waals surface area contributed by atoms with Crippen molar-refractivity contribution < 1.29 is 24.5 Å². The summed E-state index contributed by atoms with van der Waals surface area (Å²) in [4.78, 5) is 24.3. The Morgan fingerprint density at radius 3 is 2.50 bits per heavy atom. The molecule has 0 aliphatic heterocycles. The maximum Gasteiger partial charge on any atom is 0.308 e. The van der Waals surface area contributed by atoms with Crippen LogP contribution in [0.1, 0.15) is 22.8 Å². The average molecular weight is 281 g/mol. The van der Waals surface area contributed by atoms with Gasteiger partial charge in [0.05, 0.1) is 18.6 Å². The lowest BCUT2D eigenvalue weighted by Crippen LogP contribution is -2.33. The lowest BCUT2D eigenvalue weighted by atomic mass is 10.1. The molecule has 0 aliphatic rings. The van der Waals surface area contributed by atoms with E-state index in [0.29, 0.717) is 0 Å². The smallest absolute Gasteiger partial charge is 0.308 e. The van der Waals surface area contributed by atoms with Crippen molar-refractivity contribution in [1.29, 1.82) is 0 Å². The summed E-state index contributed by atoms with van der Waals surface area (Å²) in [5, 5.41) is 18.8. The molecular weight excluding hydrogens is 262 g/mol. The van der Waals surface area contributed by atoms with Crippen LogP contribution in [0.15, 0.2) is 12.1 Å². The van der Waals surface area contributed by atoms with Crippen molar-refractivity contribution in [3.63, 3.8) is 0 Å². The Balaban J connectivity index is 3.03. The summed E-state index contributed by atoms with van der Waals surface area (Å²) in [6.07, 6.45) is 0. The van der Waals surface area contributed by atoms with E-state index in [4.69, 9.17) is 9.84 Å². The molecule has 0 saturated heterocycles. The number of ether oxygens (including phenoxy) is 1. The van der Waals surface area contributed by atoms with Crippen LogP contribution >= 0.6 is 0 Å². The van der Waals surface area contributed by atoms with Gasteiger partial charge in [-0.2, -0.15) is 0 Å². The molecule has 6 nitrogen and oxygen atoms in total. The van der Waals surface area contributed by atoms with Crippen molar-refractivity contribution in [2.75, 3.05) is 20.7 Å². The van der Waals surface area contributed by atoms with Gasteiger partial charge in [-0.25, -0.2) is 0 Å². The molecule has 1 unspecified atom stereocenters. The first kappa shape index (κ1) is 15.8. The highest BCUT2D eigenvalue weighted by Gasteiger charge is 2.22. The lowest BCUT2D eigenvalue weighted by Gasteiger charge is -2.20. The number of aryl methyl sites for hydroxylation is 1. The second-order valence-corrected chi connectivity index (χ2v) is 4.79. The van der Waals surface area contributed by atoms with E-state index >= 15 is 0 Å². The van der Waals surface area contributed by atoms with Crippen LogP contribution in [0.5, 0.6) is 11.5 Å². The molecule has 0 bridgehead atoms. The van der Waals surface area contributed by atoms with Gasteiger partial charge >= 0.3 is 5.97 Å². The highest BCUT2D eigenvalue weighted by molar-refractivity contribution is 5.98. The minimum atomic E-state index is -0.976. The van der Waals surface area contributed by atoms with Gasteiger partial charge in [0.15, 0.2) is 11.5 Å². The Morgan fingerprint density at radius 2 is 2.00 bits per heavy atom. The van der Waals surface area contributed by atoms with Crippen LogP contribution in [-0.4, -0.2) is 47.7 Å². The van der Waals surface area contributed by atoms with E-state index < -0.39 is 17.8 Å². The summed E-state index contributed by atoms with van der Waals surface area (Å²) in [7, 11) is 2.90. The zero-order valence-corrected chi connectivity index (χ0v) is 12.0. The number of nitrogens with zero attached hydrogens (tertiary/aromatic N) is 1. The molecule has 1 amide bonds. The number of amides is 1. The van der Waals surface area contributed by atoms with Crippen molar-refractivity contribution in [3.8, 4) is 11.5 Å². The molecule has 2 N–H and O–H groups in total. The third kappa shape index (κ3) is 3.40. The first-order chi connectivity index (χ1) is 9.27. The number of hydrogen-bond donors (Lipinski definition) is 2. The number of carbonyl (C=O) groups is 2. The van der Waals surface area contributed by atoms with Gasteiger partial charge in [0.2, 0.25) is 0 Å². The number of carboxylic acid groups (broad SMARTS) is 1. The zero-order chi connectivity index (χ0) is 15.4. The molecule has 1 aromatic carbocycles. The molecule has 0 radical (unpaired) electrons. The third-order valence-corrected chi connectivity index (χ3v) is 2.99. The maximum atomic E-state index is 12.3. The SMILES string of the molecule is COc1cc(C)cc(C(=O)N(C)CC(C)C(=O)O)c1O. The Labute approximate surface area is 117 Å². The van der Waals surface area contributed by atoms with Gasteiger partial charge in [0, 0.05) is 13.6 Å². The number of phenols is 1. The normalized spacial score (nSPS) is 11.8. The van der Waals surface area contributed by atoms with Gasteiger partial charge < -0.3 is 19.8 Å². The minimum absolute atomic E-state index is 0.0594. The molecule has 0 saturated carbocycles. The minimum Gasteiger partial charge on any atom is -0.504 e. The van der Waals surface area contributed by atoms with Gasteiger partial charge in [0.1, 0.15) is 0 Å². The fourth-order valence-electron chi connectivity index (χ4n) is 1.84. The van der Waals surface area contributed by atoms with Crippen molar-refractivity contribution in [3.05, 3.63) is 23.3 Å². The fraction of sp³-hybridized carbons (Fsp3) is 0.429. The summed E-state index contributed by atoms with van der Waals surface area (Å²) in [5.74, 6) is -2.13. The third-order valence-electron chi connectivity index (χ3n) is 2.99. The van der Waals surface area contributed by atoms with E-state index in [0.717, 1.165) is 5.56 Å². The van der Waals surface area contributed by atoms with Crippen molar-refractivity contribution in [2.24, 2.45) is 5.92 Å². The van der Waals surface area contributed by atoms with Crippen LogP contribution in [0.3, 0.4) is 0 Å². The first-order valence-corrected chi connectivity index (χ1v) is 6.13. The highest BCUT2D eigenvalue weighted by Crippen LogP contribution is 2.32. The van der Waals surface area contributed by atoms with Crippen LogP contribution in [0.25, 0.3) is 0 Å². The monoisotopic (exact) mass is 281 g/mol. The molecule has 0 heterocycles. The molecule has 6 heteroatoms. The van der Waals surface area contributed by atoms with E-state index in [9.17, 15) is 14.7 Å².